The van der Waals surface area contributed by atoms with Crippen LogP contribution in [-0.2, 0) is 11.0 Å². The highest BCUT2D eigenvalue weighted by molar-refractivity contribution is 5.50. The third-order valence-corrected chi connectivity index (χ3v) is 4.03. The van der Waals surface area contributed by atoms with Crippen molar-refractivity contribution in [3.8, 4) is 5.75 Å². The molecule has 1 aromatic carbocycles. The van der Waals surface area contributed by atoms with E-state index >= 15 is 0 Å². The van der Waals surface area contributed by atoms with Crippen LogP contribution in [0.1, 0.15) is 57.2 Å². The number of aromatic hydroxyl groups is 1. The molecule has 0 bridgehead atoms. The van der Waals surface area contributed by atoms with Gasteiger partial charge in [0, 0.05) is 11.1 Å². The SMILES string of the molecule is Cc1cc(C(C)(C)C)c(O)c(C2(C)CCCN2)c1. The first-order valence-electron chi connectivity index (χ1n) is 6.84. The monoisotopic (exact) mass is 247 g/mol. The van der Waals surface area contributed by atoms with E-state index in [-0.39, 0.29) is 11.0 Å². The summed E-state index contributed by atoms with van der Waals surface area (Å²) in [5, 5.41) is 14.2. The van der Waals surface area contributed by atoms with Crippen molar-refractivity contribution >= 4 is 0 Å². The van der Waals surface area contributed by atoms with Crippen LogP contribution in [0.2, 0.25) is 0 Å². The fourth-order valence-electron chi connectivity index (χ4n) is 2.90. The number of phenols is 1. The highest BCUT2D eigenvalue weighted by Crippen LogP contribution is 2.41. The molecule has 2 nitrogen and oxygen atoms in total. The summed E-state index contributed by atoms with van der Waals surface area (Å²) in [4.78, 5) is 0. The van der Waals surface area contributed by atoms with E-state index in [1.54, 1.807) is 0 Å². The second kappa shape index (κ2) is 4.27. The molecule has 0 amide bonds. The van der Waals surface area contributed by atoms with E-state index in [2.05, 4.69) is 52.1 Å². The van der Waals surface area contributed by atoms with E-state index in [9.17, 15) is 5.11 Å². The van der Waals surface area contributed by atoms with Gasteiger partial charge in [-0.2, -0.15) is 0 Å². The average molecular weight is 247 g/mol. The first-order valence-corrected chi connectivity index (χ1v) is 6.84. The van der Waals surface area contributed by atoms with Gasteiger partial charge in [0.1, 0.15) is 5.75 Å². The molecule has 100 valence electrons. The van der Waals surface area contributed by atoms with Crippen LogP contribution in [0.25, 0.3) is 0 Å². The number of hydrogen-bond donors (Lipinski definition) is 2. The van der Waals surface area contributed by atoms with Crippen LogP contribution in [-0.4, -0.2) is 11.7 Å². The van der Waals surface area contributed by atoms with Crippen LogP contribution in [0.5, 0.6) is 5.75 Å². The Hall–Kier alpha value is -1.02. The second-order valence-electron chi connectivity index (χ2n) is 6.82. The van der Waals surface area contributed by atoms with Crippen molar-refractivity contribution in [1.82, 2.24) is 5.32 Å². The second-order valence-corrected chi connectivity index (χ2v) is 6.82. The quantitative estimate of drug-likeness (QED) is 0.794. The lowest BCUT2D eigenvalue weighted by molar-refractivity contribution is 0.383. The predicted molar refractivity (Wildman–Crippen MR) is 76.1 cm³/mol. The lowest BCUT2D eigenvalue weighted by Gasteiger charge is -2.30. The van der Waals surface area contributed by atoms with Gasteiger partial charge in [-0.05, 0) is 44.2 Å². The van der Waals surface area contributed by atoms with E-state index in [4.69, 9.17) is 0 Å². The molecule has 1 aromatic rings. The minimum Gasteiger partial charge on any atom is -0.507 e. The normalized spacial score (nSPS) is 24.5. The van der Waals surface area contributed by atoms with Gasteiger partial charge in [-0.25, -0.2) is 0 Å². The Labute approximate surface area is 110 Å². The molecule has 0 saturated carbocycles. The Morgan fingerprint density at radius 1 is 1.28 bits per heavy atom. The van der Waals surface area contributed by atoms with Crippen molar-refractivity contribution in [3.63, 3.8) is 0 Å². The van der Waals surface area contributed by atoms with Crippen LogP contribution in [0, 0.1) is 6.92 Å². The Kier molecular flexibility index (Phi) is 3.18. The van der Waals surface area contributed by atoms with Crippen LogP contribution >= 0.6 is 0 Å². The van der Waals surface area contributed by atoms with Gasteiger partial charge in [-0.1, -0.05) is 38.5 Å². The standard InChI is InChI=1S/C16H25NO/c1-11-9-12(15(2,3)4)14(18)13(10-11)16(5)7-6-8-17-16/h9-10,17-18H,6-8H2,1-5H3. The van der Waals surface area contributed by atoms with Gasteiger partial charge in [0.05, 0.1) is 0 Å². The summed E-state index contributed by atoms with van der Waals surface area (Å²) < 4.78 is 0. The smallest absolute Gasteiger partial charge is 0.124 e. The number of rotatable bonds is 1. The molecular weight excluding hydrogens is 222 g/mol. The molecule has 0 radical (unpaired) electrons. The highest BCUT2D eigenvalue weighted by atomic mass is 16.3. The van der Waals surface area contributed by atoms with E-state index in [0.29, 0.717) is 5.75 Å². The van der Waals surface area contributed by atoms with Crippen molar-refractivity contribution in [1.29, 1.82) is 0 Å². The summed E-state index contributed by atoms with van der Waals surface area (Å²) in [6, 6.07) is 4.24. The summed E-state index contributed by atoms with van der Waals surface area (Å²) in [7, 11) is 0. The minimum absolute atomic E-state index is 0.0280. The molecule has 2 N–H and O–H groups in total. The first kappa shape index (κ1) is 13.4. The summed E-state index contributed by atoms with van der Waals surface area (Å²) in [5.41, 5.74) is 3.23. The molecule has 1 heterocycles. The van der Waals surface area contributed by atoms with E-state index in [1.807, 2.05) is 0 Å². The summed E-state index contributed by atoms with van der Waals surface area (Å²) in [6.07, 6.45) is 2.27. The summed E-state index contributed by atoms with van der Waals surface area (Å²) in [5.74, 6) is 0.477. The summed E-state index contributed by atoms with van der Waals surface area (Å²) in [6.45, 7) is 11.8. The maximum Gasteiger partial charge on any atom is 0.124 e. The number of phenolic OH excluding ortho intramolecular Hbond substituents is 1. The zero-order valence-electron chi connectivity index (χ0n) is 12.2. The summed E-state index contributed by atoms with van der Waals surface area (Å²) >= 11 is 0. The molecule has 1 saturated heterocycles. The maximum absolute atomic E-state index is 10.6. The van der Waals surface area contributed by atoms with Gasteiger partial charge in [0.15, 0.2) is 0 Å². The largest absolute Gasteiger partial charge is 0.507 e. The van der Waals surface area contributed by atoms with Gasteiger partial charge in [0.25, 0.3) is 0 Å². The van der Waals surface area contributed by atoms with E-state index in [0.717, 1.165) is 24.1 Å². The fraction of sp³-hybridized carbons (Fsp3) is 0.625. The van der Waals surface area contributed by atoms with Crippen molar-refractivity contribution < 1.29 is 5.11 Å². The highest BCUT2D eigenvalue weighted by Gasteiger charge is 2.34. The van der Waals surface area contributed by atoms with Crippen LogP contribution in [0.15, 0.2) is 12.1 Å². The molecule has 2 rings (SSSR count). The zero-order chi connectivity index (χ0) is 13.6. The molecule has 1 aliphatic heterocycles. The fourth-order valence-corrected chi connectivity index (χ4v) is 2.90. The molecule has 1 aliphatic rings. The zero-order valence-corrected chi connectivity index (χ0v) is 12.2. The first-order chi connectivity index (χ1) is 8.24. The Morgan fingerprint density at radius 3 is 2.44 bits per heavy atom. The molecule has 0 aromatic heterocycles. The molecule has 1 fully saturated rings. The Morgan fingerprint density at radius 2 is 1.94 bits per heavy atom. The Balaban J connectivity index is 2.58. The van der Waals surface area contributed by atoms with Crippen LogP contribution < -0.4 is 5.32 Å². The lowest BCUT2D eigenvalue weighted by atomic mass is 9.80. The maximum atomic E-state index is 10.6. The Bertz CT molecular complexity index is 451. The number of nitrogens with one attached hydrogen (secondary N) is 1. The number of hydrogen-bond acceptors (Lipinski definition) is 2. The van der Waals surface area contributed by atoms with Crippen molar-refractivity contribution in [2.45, 2.75) is 58.4 Å². The van der Waals surface area contributed by atoms with Gasteiger partial charge in [0.2, 0.25) is 0 Å². The molecule has 1 atom stereocenters. The van der Waals surface area contributed by atoms with Crippen molar-refractivity contribution in [3.05, 3.63) is 28.8 Å². The third kappa shape index (κ3) is 2.26. The predicted octanol–water partition coefficient (Wildman–Crippen LogP) is 3.60. The van der Waals surface area contributed by atoms with Crippen LogP contribution in [0.4, 0.5) is 0 Å². The van der Waals surface area contributed by atoms with Gasteiger partial charge >= 0.3 is 0 Å². The lowest BCUT2D eigenvalue weighted by Crippen LogP contribution is -2.33. The van der Waals surface area contributed by atoms with Crippen molar-refractivity contribution in [2.24, 2.45) is 0 Å². The van der Waals surface area contributed by atoms with Crippen molar-refractivity contribution in [2.75, 3.05) is 6.54 Å². The van der Waals surface area contributed by atoms with E-state index in [1.165, 1.54) is 12.0 Å². The molecule has 2 heteroatoms. The van der Waals surface area contributed by atoms with E-state index < -0.39 is 0 Å². The van der Waals surface area contributed by atoms with Crippen LogP contribution in [0.3, 0.4) is 0 Å². The van der Waals surface area contributed by atoms with Gasteiger partial charge in [-0.15, -0.1) is 0 Å². The van der Waals surface area contributed by atoms with Gasteiger partial charge in [-0.3, -0.25) is 0 Å². The molecule has 0 spiro atoms. The molecule has 18 heavy (non-hydrogen) atoms. The molecule has 0 aliphatic carbocycles. The molecule has 1 unspecified atom stereocenters. The van der Waals surface area contributed by atoms with Gasteiger partial charge < -0.3 is 10.4 Å². The minimum atomic E-state index is -0.0733. The third-order valence-electron chi connectivity index (χ3n) is 4.03. The number of benzene rings is 1. The average Bonchev–Trinajstić information content (AvgIpc) is 2.67. The topological polar surface area (TPSA) is 32.3 Å². The molecular formula is C16H25NO. The number of aryl methyl sites for hydroxylation is 1.